The molecule has 6 nitrogen and oxygen atoms in total. The van der Waals surface area contributed by atoms with Gasteiger partial charge in [0.1, 0.15) is 5.69 Å². The third-order valence-electron chi connectivity index (χ3n) is 4.28. The molecule has 1 aliphatic rings. The number of nitrogens with zero attached hydrogens (tertiary/aromatic N) is 4. The van der Waals surface area contributed by atoms with Crippen LogP contribution < -0.4 is 5.56 Å². The Morgan fingerprint density at radius 2 is 1.92 bits per heavy atom. The van der Waals surface area contributed by atoms with Gasteiger partial charge in [0.15, 0.2) is 0 Å². The number of aromatic nitrogens is 3. The van der Waals surface area contributed by atoms with Crippen LogP contribution in [0.1, 0.15) is 10.5 Å². The molecule has 0 atom stereocenters. The van der Waals surface area contributed by atoms with Crippen LogP contribution in [0.25, 0.3) is 10.9 Å². The standard InChI is InChI=1S/C18H16N4O2/c23-17-6-3-9-19-22(17)12-13-10-21(11-13)18(24)16-8-7-14-4-1-2-5-15(14)20-16/h1-9,13H,10-12H2. The first-order valence-electron chi connectivity index (χ1n) is 7.88. The van der Waals surface area contributed by atoms with Crippen LogP contribution in [0.5, 0.6) is 0 Å². The van der Waals surface area contributed by atoms with Crippen LogP contribution in [0.4, 0.5) is 0 Å². The van der Waals surface area contributed by atoms with Crippen LogP contribution in [0, 0.1) is 5.92 Å². The van der Waals surface area contributed by atoms with Crippen molar-refractivity contribution < 1.29 is 4.79 Å². The number of carbonyl (C=O) groups excluding carboxylic acids is 1. The third kappa shape index (κ3) is 2.67. The summed E-state index contributed by atoms with van der Waals surface area (Å²) in [6.45, 7) is 1.78. The maximum absolute atomic E-state index is 12.5. The number of carbonyl (C=O) groups is 1. The molecular weight excluding hydrogens is 304 g/mol. The van der Waals surface area contributed by atoms with Crippen LogP contribution >= 0.6 is 0 Å². The smallest absolute Gasteiger partial charge is 0.272 e. The summed E-state index contributed by atoms with van der Waals surface area (Å²) < 4.78 is 1.45. The Bertz CT molecular complexity index is 960. The van der Waals surface area contributed by atoms with Crippen molar-refractivity contribution in [3.05, 3.63) is 70.8 Å². The molecule has 3 aromatic rings. The van der Waals surface area contributed by atoms with E-state index < -0.39 is 0 Å². The van der Waals surface area contributed by atoms with E-state index in [-0.39, 0.29) is 17.4 Å². The van der Waals surface area contributed by atoms with Gasteiger partial charge in [-0.2, -0.15) is 5.10 Å². The minimum absolute atomic E-state index is 0.0645. The molecule has 6 heteroatoms. The van der Waals surface area contributed by atoms with E-state index >= 15 is 0 Å². The van der Waals surface area contributed by atoms with Crippen LogP contribution in [-0.2, 0) is 6.54 Å². The van der Waals surface area contributed by atoms with E-state index in [1.165, 1.54) is 10.7 Å². The number of para-hydroxylation sites is 1. The molecule has 0 saturated carbocycles. The fourth-order valence-electron chi connectivity index (χ4n) is 2.97. The lowest BCUT2D eigenvalue weighted by Gasteiger charge is -2.39. The summed E-state index contributed by atoms with van der Waals surface area (Å²) >= 11 is 0. The molecule has 1 amide bonds. The molecule has 0 spiro atoms. The minimum atomic E-state index is -0.113. The first kappa shape index (κ1) is 14.6. The molecule has 1 saturated heterocycles. The molecule has 0 unspecified atom stereocenters. The minimum Gasteiger partial charge on any atom is -0.336 e. The molecule has 0 radical (unpaired) electrons. The molecule has 1 aromatic carbocycles. The SMILES string of the molecule is O=C(c1ccc2ccccc2n1)N1CC(Cn2ncccc2=O)C1. The number of likely N-dealkylation sites (tertiary alicyclic amines) is 1. The van der Waals surface area contributed by atoms with Crippen molar-refractivity contribution >= 4 is 16.8 Å². The molecule has 120 valence electrons. The van der Waals surface area contributed by atoms with Gasteiger partial charge in [-0.1, -0.05) is 24.3 Å². The lowest BCUT2D eigenvalue weighted by molar-refractivity contribution is 0.0453. The Kier molecular flexibility index (Phi) is 3.57. The highest BCUT2D eigenvalue weighted by molar-refractivity contribution is 5.95. The summed E-state index contributed by atoms with van der Waals surface area (Å²) in [6.07, 6.45) is 1.60. The van der Waals surface area contributed by atoms with E-state index in [4.69, 9.17) is 0 Å². The second kappa shape index (κ2) is 5.88. The Labute approximate surface area is 138 Å². The topological polar surface area (TPSA) is 68.1 Å². The van der Waals surface area contributed by atoms with Crippen molar-refractivity contribution in [3.8, 4) is 0 Å². The number of benzene rings is 1. The van der Waals surface area contributed by atoms with E-state index in [9.17, 15) is 9.59 Å². The van der Waals surface area contributed by atoms with Gasteiger partial charge in [0, 0.05) is 36.7 Å². The Morgan fingerprint density at radius 3 is 2.75 bits per heavy atom. The first-order chi connectivity index (χ1) is 11.7. The predicted octanol–water partition coefficient (Wildman–Crippen LogP) is 1.56. The van der Waals surface area contributed by atoms with Crippen LogP contribution in [-0.4, -0.2) is 38.7 Å². The van der Waals surface area contributed by atoms with Crippen LogP contribution in [0.3, 0.4) is 0 Å². The zero-order chi connectivity index (χ0) is 16.5. The normalized spacial score (nSPS) is 14.6. The first-order valence-corrected chi connectivity index (χ1v) is 7.88. The molecule has 0 aliphatic carbocycles. The van der Waals surface area contributed by atoms with E-state index in [0.29, 0.717) is 25.3 Å². The number of fused-ring (bicyclic) bond motifs is 1. The highest BCUT2D eigenvalue weighted by Crippen LogP contribution is 2.20. The molecule has 3 heterocycles. The second-order valence-corrected chi connectivity index (χ2v) is 6.01. The van der Waals surface area contributed by atoms with Crippen molar-refractivity contribution in [2.45, 2.75) is 6.54 Å². The van der Waals surface area contributed by atoms with Crippen molar-refractivity contribution in [1.82, 2.24) is 19.7 Å². The van der Waals surface area contributed by atoms with Crippen molar-refractivity contribution in [2.24, 2.45) is 5.92 Å². The molecule has 4 rings (SSSR count). The fraction of sp³-hybridized carbons (Fsp3) is 0.222. The number of rotatable bonds is 3. The van der Waals surface area contributed by atoms with Gasteiger partial charge in [-0.05, 0) is 18.2 Å². The Balaban J connectivity index is 1.43. The predicted molar refractivity (Wildman–Crippen MR) is 89.6 cm³/mol. The number of hydrogen-bond donors (Lipinski definition) is 0. The number of hydrogen-bond acceptors (Lipinski definition) is 4. The maximum atomic E-state index is 12.5. The van der Waals surface area contributed by atoms with Gasteiger partial charge < -0.3 is 4.90 Å². The summed E-state index contributed by atoms with van der Waals surface area (Å²) in [5, 5.41) is 5.07. The van der Waals surface area contributed by atoms with Gasteiger partial charge in [-0.15, -0.1) is 0 Å². The van der Waals surface area contributed by atoms with E-state index in [1.54, 1.807) is 23.2 Å². The lowest BCUT2D eigenvalue weighted by Crippen LogP contribution is -2.52. The monoisotopic (exact) mass is 320 g/mol. The van der Waals surface area contributed by atoms with Gasteiger partial charge in [-0.25, -0.2) is 9.67 Å². The molecule has 2 aromatic heterocycles. The summed E-state index contributed by atoms with van der Waals surface area (Å²) in [5.41, 5.74) is 1.17. The molecule has 24 heavy (non-hydrogen) atoms. The third-order valence-corrected chi connectivity index (χ3v) is 4.28. The van der Waals surface area contributed by atoms with Crippen LogP contribution in [0.2, 0.25) is 0 Å². The summed E-state index contributed by atoms with van der Waals surface area (Å²) in [6, 6.07) is 14.5. The van der Waals surface area contributed by atoms with E-state index in [2.05, 4.69) is 10.1 Å². The molecule has 1 fully saturated rings. The van der Waals surface area contributed by atoms with E-state index in [0.717, 1.165) is 10.9 Å². The molecule has 0 bridgehead atoms. The van der Waals surface area contributed by atoms with Gasteiger partial charge in [0.05, 0.1) is 12.1 Å². The lowest BCUT2D eigenvalue weighted by atomic mass is 9.99. The van der Waals surface area contributed by atoms with Gasteiger partial charge in [-0.3, -0.25) is 9.59 Å². The zero-order valence-corrected chi connectivity index (χ0v) is 13.0. The van der Waals surface area contributed by atoms with Gasteiger partial charge in [0.25, 0.3) is 11.5 Å². The number of pyridine rings is 1. The van der Waals surface area contributed by atoms with Gasteiger partial charge in [0.2, 0.25) is 0 Å². The Morgan fingerprint density at radius 1 is 1.08 bits per heavy atom. The van der Waals surface area contributed by atoms with Crippen LogP contribution in [0.15, 0.2) is 59.5 Å². The molecular formula is C18H16N4O2. The van der Waals surface area contributed by atoms with Crippen molar-refractivity contribution in [2.75, 3.05) is 13.1 Å². The van der Waals surface area contributed by atoms with Crippen molar-refractivity contribution in [3.63, 3.8) is 0 Å². The largest absolute Gasteiger partial charge is 0.336 e. The quantitative estimate of drug-likeness (QED) is 0.734. The zero-order valence-electron chi connectivity index (χ0n) is 13.0. The summed E-state index contributed by atoms with van der Waals surface area (Å²) in [7, 11) is 0. The van der Waals surface area contributed by atoms with Gasteiger partial charge >= 0.3 is 0 Å². The average Bonchev–Trinajstić information content (AvgIpc) is 2.58. The van der Waals surface area contributed by atoms with E-state index in [1.807, 2.05) is 30.3 Å². The second-order valence-electron chi connectivity index (χ2n) is 6.01. The Hall–Kier alpha value is -3.02. The number of amides is 1. The van der Waals surface area contributed by atoms with Crippen molar-refractivity contribution in [1.29, 1.82) is 0 Å². The highest BCUT2D eigenvalue weighted by Gasteiger charge is 2.32. The summed E-state index contributed by atoms with van der Waals surface area (Å²) in [5.74, 6) is 0.187. The fourth-order valence-corrected chi connectivity index (χ4v) is 2.97. The average molecular weight is 320 g/mol. The highest BCUT2D eigenvalue weighted by atomic mass is 16.2. The maximum Gasteiger partial charge on any atom is 0.272 e. The molecule has 1 aliphatic heterocycles. The molecule has 0 N–H and O–H groups in total. The summed E-state index contributed by atoms with van der Waals surface area (Å²) in [4.78, 5) is 30.4.